The lowest BCUT2D eigenvalue weighted by molar-refractivity contribution is -0.113. The summed E-state index contributed by atoms with van der Waals surface area (Å²) < 4.78 is 0. The van der Waals surface area contributed by atoms with E-state index in [4.69, 9.17) is 23.8 Å². The highest BCUT2D eigenvalue weighted by molar-refractivity contribution is 7.80. The Labute approximate surface area is 170 Å². The van der Waals surface area contributed by atoms with Gasteiger partial charge in [-0.25, -0.2) is 0 Å². The number of para-hydroxylation sites is 1. The van der Waals surface area contributed by atoms with Crippen LogP contribution in [0.2, 0.25) is 5.02 Å². The fraction of sp³-hybridized carbons (Fsp3) is 0.238. The quantitative estimate of drug-likeness (QED) is 0.640. The van der Waals surface area contributed by atoms with Crippen LogP contribution in [0.15, 0.2) is 59.8 Å². The zero-order chi connectivity index (χ0) is 19.6. The van der Waals surface area contributed by atoms with Gasteiger partial charge in [0.1, 0.15) is 0 Å². The van der Waals surface area contributed by atoms with Crippen LogP contribution in [0.25, 0.3) is 0 Å². The van der Waals surface area contributed by atoms with Crippen molar-refractivity contribution in [3.8, 4) is 0 Å². The summed E-state index contributed by atoms with van der Waals surface area (Å²) in [6.07, 6.45) is 0. The van der Waals surface area contributed by atoms with E-state index in [1.54, 1.807) is 12.1 Å². The second-order valence-corrected chi connectivity index (χ2v) is 7.64. The van der Waals surface area contributed by atoms with E-state index < -0.39 is 0 Å². The molecule has 1 aliphatic rings. The standard InChI is InChI=1S/C21H22ClN3OS/c1-12(2)14-8-10-15(11-9-14)19-18(13(3)23-21(27)25-19)20(26)24-17-7-5-4-6-16(17)22/h4-12,19H,1-3H3,(H,24,26)(H2,23,25,27). The van der Waals surface area contributed by atoms with Crippen molar-refractivity contribution in [2.45, 2.75) is 32.7 Å². The molecule has 27 heavy (non-hydrogen) atoms. The van der Waals surface area contributed by atoms with E-state index in [1.807, 2.05) is 31.2 Å². The first-order chi connectivity index (χ1) is 12.9. The van der Waals surface area contributed by atoms with Gasteiger partial charge >= 0.3 is 0 Å². The van der Waals surface area contributed by atoms with Crippen molar-refractivity contribution in [2.24, 2.45) is 0 Å². The Morgan fingerprint density at radius 1 is 1.15 bits per heavy atom. The number of carbonyl (C=O) groups excluding carboxylic acids is 1. The maximum Gasteiger partial charge on any atom is 0.255 e. The summed E-state index contributed by atoms with van der Waals surface area (Å²) in [5.41, 5.74) is 4.11. The molecule has 1 atom stereocenters. The van der Waals surface area contributed by atoms with E-state index >= 15 is 0 Å². The van der Waals surface area contributed by atoms with Gasteiger partial charge in [0.2, 0.25) is 0 Å². The minimum atomic E-state index is -0.331. The van der Waals surface area contributed by atoms with Crippen molar-refractivity contribution in [3.05, 3.63) is 76.0 Å². The molecule has 2 aromatic carbocycles. The molecule has 0 radical (unpaired) electrons. The van der Waals surface area contributed by atoms with Crippen LogP contribution in [0.1, 0.15) is 43.9 Å². The van der Waals surface area contributed by atoms with Gasteiger partial charge in [-0.1, -0.05) is 61.8 Å². The molecule has 0 aromatic heterocycles. The Hall–Kier alpha value is -2.37. The Bertz CT molecular complexity index is 906. The molecule has 1 heterocycles. The number of hydrogen-bond acceptors (Lipinski definition) is 2. The molecule has 0 saturated heterocycles. The Balaban J connectivity index is 1.94. The van der Waals surface area contributed by atoms with Crippen molar-refractivity contribution in [3.63, 3.8) is 0 Å². The molecule has 6 heteroatoms. The van der Waals surface area contributed by atoms with Crippen LogP contribution < -0.4 is 16.0 Å². The summed E-state index contributed by atoms with van der Waals surface area (Å²) in [6.45, 7) is 6.16. The molecule has 0 fully saturated rings. The number of allylic oxidation sites excluding steroid dienone is 1. The minimum Gasteiger partial charge on any atom is -0.351 e. The highest BCUT2D eigenvalue weighted by Crippen LogP contribution is 2.30. The fourth-order valence-electron chi connectivity index (χ4n) is 3.07. The minimum absolute atomic E-state index is 0.221. The van der Waals surface area contributed by atoms with E-state index in [0.29, 0.717) is 27.3 Å². The number of amides is 1. The number of nitrogens with one attached hydrogen (secondary N) is 3. The van der Waals surface area contributed by atoms with Crippen molar-refractivity contribution in [2.75, 3.05) is 5.32 Å². The molecule has 1 amide bonds. The van der Waals surface area contributed by atoms with Gasteiger partial charge in [-0.3, -0.25) is 4.79 Å². The van der Waals surface area contributed by atoms with Gasteiger partial charge in [0.15, 0.2) is 5.11 Å². The molecule has 0 saturated carbocycles. The van der Waals surface area contributed by atoms with E-state index in [2.05, 4.69) is 41.9 Å². The molecule has 0 bridgehead atoms. The molecule has 1 aliphatic heterocycles. The molecule has 1 unspecified atom stereocenters. The van der Waals surface area contributed by atoms with Gasteiger partial charge in [0, 0.05) is 5.70 Å². The Kier molecular flexibility index (Phi) is 5.82. The van der Waals surface area contributed by atoms with Crippen molar-refractivity contribution in [1.29, 1.82) is 0 Å². The predicted octanol–water partition coefficient (Wildman–Crippen LogP) is 4.89. The highest BCUT2D eigenvalue weighted by Gasteiger charge is 2.30. The number of thiocarbonyl (C=S) groups is 1. The lowest BCUT2D eigenvalue weighted by Gasteiger charge is -2.30. The zero-order valence-electron chi connectivity index (χ0n) is 15.5. The second kappa shape index (κ2) is 8.11. The van der Waals surface area contributed by atoms with Gasteiger partial charge in [-0.2, -0.15) is 0 Å². The van der Waals surface area contributed by atoms with Crippen molar-refractivity contribution < 1.29 is 4.79 Å². The fourth-order valence-corrected chi connectivity index (χ4v) is 3.52. The molecule has 140 valence electrons. The number of halogens is 1. The topological polar surface area (TPSA) is 53.2 Å². The normalized spacial score (nSPS) is 16.8. The lowest BCUT2D eigenvalue weighted by atomic mass is 9.92. The summed E-state index contributed by atoms with van der Waals surface area (Å²) in [6, 6.07) is 15.1. The van der Waals surface area contributed by atoms with Crippen LogP contribution >= 0.6 is 23.8 Å². The average Bonchev–Trinajstić information content (AvgIpc) is 2.63. The van der Waals surface area contributed by atoms with Crippen LogP contribution in [-0.2, 0) is 4.79 Å². The third kappa shape index (κ3) is 4.31. The number of carbonyl (C=O) groups is 1. The van der Waals surface area contributed by atoms with Gasteiger partial charge < -0.3 is 16.0 Å². The maximum absolute atomic E-state index is 13.0. The largest absolute Gasteiger partial charge is 0.351 e. The highest BCUT2D eigenvalue weighted by atomic mass is 35.5. The molecule has 3 rings (SSSR count). The molecular weight excluding hydrogens is 378 g/mol. The van der Waals surface area contributed by atoms with Crippen molar-refractivity contribution >= 4 is 40.5 Å². The number of anilines is 1. The van der Waals surface area contributed by atoms with Crippen molar-refractivity contribution in [1.82, 2.24) is 10.6 Å². The average molecular weight is 400 g/mol. The molecule has 2 aromatic rings. The predicted molar refractivity (Wildman–Crippen MR) is 115 cm³/mol. The van der Waals surface area contributed by atoms with Crippen LogP contribution in [0.4, 0.5) is 5.69 Å². The van der Waals surface area contributed by atoms with E-state index in [1.165, 1.54) is 5.56 Å². The van der Waals surface area contributed by atoms with E-state index in [-0.39, 0.29) is 11.9 Å². The molecule has 4 nitrogen and oxygen atoms in total. The van der Waals surface area contributed by atoms with E-state index in [0.717, 1.165) is 11.3 Å². The monoisotopic (exact) mass is 399 g/mol. The van der Waals surface area contributed by atoms with Crippen LogP contribution in [0.3, 0.4) is 0 Å². The number of benzene rings is 2. The molecule has 0 spiro atoms. The summed E-state index contributed by atoms with van der Waals surface area (Å²) in [7, 11) is 0. The van der Waals surface area contributed by atoms with Gasteiger partial charge in [-0.05, 0) is 48.3 Å². The maximum atomic E-state index is 13.0. The van der Waals surface area contributed by atoms with Crippen LogP contribution in [0, 0.1) is 0 Å². The summed E-state index contributed by atoms with van der Waals surface area (Å²) in [5.74, 6) is 0.224. The first-order valence-electron chi connectivity index (χ1n) is 8.81. The second-order valence-electron chi connectivity index (χ2n) is 6.83. The first kappa shape index (κ1) is 19.4. The summed E-state index contributed by atoms with van der Waals surface area (Å²) >= 11 is 11.5. The Morgan fingerprint density at radius 3 is 2.44 bits per heavy atom. The molecular formula is C21H22ClN3OS. The number of hydrogen-bond donors (Lipinski definition) is 3. The summed E-state index contributed by atoms with van der Waals surface area (Å²) in [5, 5.41) is 10.2. The number of rotatable bonds is 4. The third-order valence-corrected chi connectivity index (χ3v) is 5.12. The van der Waals surface area contributed by atoms with Crippen LogP contribution in [0.5, 0.6) is 0 Å². The third-order valence-electron chi connectivity index (χ3n) is 4.57. The summed E-state index contributed by atoms with van der Waals surface area (Å²) in [4.78, 5) is 13.0. The van der Waals surface area contributed by atoms with E-state index in [9.17, 15) is 4.79 Å². The van der Waals surface area contributed by atoms with Gasteiger partial charge in [0.25, 0.3) is 5.91 Å². The Morgan fingerprint density at radius 2 is 1.81 bits per heavy atom. The lowest BCUT2D eigenvalue weighted by Crippen LogP contribution is -2.45. The SMILES string of the molecule is CC1=C(C(=O)Nc2ccccc2Cl)C(c2ccc(C(C)C)cc2)NC(=S)N1. The molecule has 0 aliphatic carbocycles. The van der Waals surface area contributed by atoms with Gasteiger partial charge in [-0.15, -0.1) is 0 Å². The van der Waals surface area contributed by atoms with Gasteiger partial charge in [0.05, 0.1) is 22.3 Å². The first-order valence-corrected chi connectivity index (χ1v) is 9.59. The molecule has 3 N–H and O–H groups in total. The smallest absolute Gasteiger partial charge is 0.255 e. The zero-order valence-corrected chi connectivity index (χ0v) is 17.0. The van der Waals surface area contributed by atoms with Crippen LogP contribution in [-0.4, -0.2) is 11.0 Å².